The Morgan fingerprint density at radius 2 is 1.86 bits per heavy atom. The standard InChI is InChI=1S/C18H35NO2/c1-7-17(5,6)15-9-11-18(12-10-15,16(20)21-8-2)19-13-14(3)4/h14-15,19H,7-13H2,1-6H3. The van der Waals surface area contributed by atoms with Crippen LogP contribution in [-0.2, 0) is 9.53 Å². The first kappa shape index (κ1) is 18.5. The zero-order chi connectivity index (χ0) is 16.1. The first-order valence-corrected chi connectivity index (χ1v) is 8.69. The van der Waals surface area contributed by atoms with Gasteiger partial charge in [-0.15, -0.1) is 0 Å². The Hall–Kier alpha value is -0.570. The lowest BCUT2D eigenvalue weighted by molar-refractivity contribution is -0.153. The van der Waals surface area contributed by atoms with E-state index in [4.69, 9.17) is 4.74 Å². The fourth-order valence-electron chi connectivity index (χ4n) is 3.30. The fraction of sp³-hybridized carbons (Fsp3) is 0.944. The first-order valence-electron chi connectivity index (χ1n) is 8.69. The van der Waals surface area contributed by atoms with Crippen molar-refractivity contribution in [3.05, 3.63) is 0 Å². The third-order valence-electron chi connectivity index (χ3n) is 5.37. The molecule has 124 valence electrons. The summed E-state index contributed by atoms with van der Waals surface area (Å²) in [5, 5.41) is 3.53. The Labute approximate surface area is 131 Å². The number of hydrogen-bond acceptors (Lipinski definition) is 3. The number of rotatable bonds is 7. The highest BCUT2D eigenvalue weighted by molar-refractivity contribution is 5.81. The van der Waals surface area contributed by atoms with E-state index in [0.29, 0.717) is 23.9 Å². The lowest BCUT2D eigenvalue weighted by atomic mass is 9.65. The molecule has 0 bridgehead atoms. The molecule has 0 aliphatic heterocycles. The van der Waals surface area contributed by atoms with Gasteiger partial charge in [0.1, 0.15) is 5.54 Å². The average molecular weight is 297 g/mol. The van der Waals surface area contributed by atoms with Gasteiger partial charge < -0.3 is 10.1 Å². The van der Waals surface area contributed by atoms with Crippen LogP contribution in [-0.4, -0.2) is 24.7 Å². The predicted molar refractivity (Wildman–Crippen MR) is 88.2 cm³/mol. The fourth-order valence-corrected chi connectivity index (χ4v) is 3.30. The van der Waals surface area contributed by atoms with Crippen molar-refractivity contribution in [3.63, 3.8) is 0 Å². The van der Waals surface area contributed by atoms with Crippen LogP contribution in [0.2, 0.25) is 0 Å². The summed E-state index contributed by atoms with van der Waals surface area (Å²) in [5.41, 5.74) is -0.0700. The number of hydrogen-bond donors (Lipinski definition) is 1. The Kier molecular flexibility index (Phi) is 6.71. The average Bonchev–Trinajstić information content (AvgIpc) is 2.45. The van der Waals surface area contributed by atoms with Gasteiger partial charge in [0.05, 0.1) is 6.61 Å². The molecular formula is C18H35NO2. The van der Waals surface area contributed by atoms with Gasteiger partial charge in [-0.25, -0.2) is 0 Å². The molecule has 0 saturated heterocycles. The molecular weight excluding hydrogens is 262 g/mol. The molecule has 0 aromatic rings. The second-order valence-corrected chi connectivity index (χ2v) is 7.69. The van der Waals surface area contributed by atoms with Gasteiger partial charge in [0.2, 0.25) is 0 Å². The second-order valence-electron chi connectivity index (χ2n) is 7.69. The molecule has 1 aliphatic rings. The summed E-state index contributed by atoms with van der Waals surface area (Å²) in [6.07, 6.45) is 5.25. The van der Waals surface area contributed by atoms with Crippen LogP contribution in [0.25, 0.3) is 0 Å². The Bertz CT molecular complexity index is 328. The van der Waals surface area contributed by atoms with Crippen LogP contribution in [0.15, 0.2) is 0 Å². The van der Waals surface area contributed by atoms with Crippen LogP contribution in [0.4, 0.5) is 0 Å². The zero-order valence-electron chi connectivity index (χ0n) is 14.9. The summed E-state index contributed by atoms with van der Waals surface area (Å²) in [5.74, 6) is 1.21. The first-order chi connectivity index (χ1) is 9.77. The summed E-state index contributed by atoms with van der Waals surface area (Å²) >= 11 is 0. The highest BCUT2D eigenvalue weighted by Gasteiger charge is 2.45. The molecule has 0 aromatic heterocycles. The quantitative estimate of drug-likeness (QED) is 0.717. The van der Waals surface area contributed by atoms with E-state index >= 15 is 0 Å². The molecule has 0 radical (unpaired) electrons. The number of carbonyl (C=O) groups excluding carboxylic acids is 1. The molecule has 1 saturated carbocycles. The molecule has 1 aliphatic carbocycles. The van der Waals surface area contributed by atoms with Gasteiger partial charge in [-0.2, -0.15) is 0 Å². The van der Waals surface area contributed by atoms with Crippen molar-refractivity contribution in [1.82, 2.24) is 5.32 Å². The lowest BCUT2D eigenvalue weighted by Gasteiger charge is -2.44. The van der Waals surface area contributed by atoms with Crippen LogP contribution in [0.3, 0.4) is 0 Å². The minimum Gasteiger partial charge on any atom is -0.465 e. The van der Waals surface area contributed by atoms with Gasteiger partial charge in [-0.05, 0) is 56.4 Å². The van der Waals surface area contributed by atoms with E-state index in [1.807, 2.05) is 6.92 Å². The number of nitrogens with one attached hydrogen (secondary N) is 1. The van der Waals surface area contributed by atoms with Crippen molar-refractivity contribution in [2.45, 2.75) is 79.2 Å². The van der Waals surface area contributed by atoms with Crippen molar-refractivity contribution in [3.8, 4) is 0 Å². The molecule has 0 aromatic carbocycles. The van der Waals surface area contributed by atoms with Crippen LogP contribution < -0.4 is 5.32 Å². The highest BCUT2D eigenvalue weighted by atomic mass is 16.5. The van der Waals surface area contributed by atoms with Crippen LogP contribution >= 0.6 is 0 Å². The van der Waals surface area contributed by atoms with Crippen molar-refractivity contribution >= 4 is 5.97 Å². The lowest BCUT2D eigenvalue weighted by Crippen LogP contribution is -2.56. The molecule has 3 nitrogen and oxygen atoms in total. The molecule has 0 heterocycles. The van der Waals surface area contributed by atoms with Gasteiger partial charge in [0.25, 0.3) is 0 Å². The normalized spacial score (nSPS) is 26.9. The largest absolute Gasteiger partial charge is 0.465 e. The van der Waals surface area contributed by atoms with E-state index in [1.165, 1.54) is 6.42 Å². The molecule has 0 spiro atoms. The molecule has 3 heteroatoms. The summed E-state index contributed by atoms with van der Waals surface area (Å²) < 4.78 is 5.36. The maximum absolute atomic E-state index is 12.5. The van der Waals surface area contributed by atoms with Crippen molar-refractivity contribution < 1.29 is 9.53 Å². The maximum atomic E-state index is 12.5. The Morgan fingerprint density at radius 3 is 2.29 bits per heavy atom. The summed E-state index contributed by atoms with van der Waals surface area (Å²) in [6, 6.07) is 0. The van der Waals surface area contributed by atoms with Crippen LogP contribution in [0.1, 0.15) is 73.6 Å². The van der Waals surface area contributed by atoms with E-state index in [-0.39, 0.29) is 5.97 Å². The Morgan fingerprint density at radius 1 is 1.29 bits per heavy atom. The SMILES string of the molecule is CCOC(=O)C1(NCC(C)C)CCC(C(C)(C)CC)CC1. The van der Waals surface area contributed by atoms with Gasteiger partial charge in [-0.3, -0.25) is 4.79 Å². The summed E-state index contributed by atoms with van der Waals surface area (Å²) in [4.78, 5) is 12.5. The number of esters is 1. The molecule has 1 fully saturated rings. The summed E-state index contributed by atoms with van der Waals surface area (Å²) in [6.45, 7) is 14.6. The Balaban J connectivity index is 2.76. The van der Waals surface area contributed by atoms with E-state index in [9.17, 15) is 4.79 Å². The predicted octanol–water partition coefficient (Wildman–Crippen LogP) is 4.16. The highest BCUT2D eigenvalue weighted by Crippen LogP contribution is 2.43. The maximum Gasteiger partial charge on any atom is 0.326 e. The molecule has 0 atom stereocenters. The molecule has 21 heavy (non-hydrogen) atoms. The molecule has 0 unspecified atom stereocenters. The summed E-state index contributed by atoms with van der Waals surface area (Å²) in [7, 11) is 0. The van der Waals surface area contributed by atoms with E-state index < -0.39 is 5.54 Å². The second kappa shape index (κ2) is 7.62. The molecule has 1 N–H and O–H groups in total. The number of ether oxygens (including phenoxy) is 1. The van der Waals surface area contributed by atoms with Crippen molar-refractivity contribution in [2.24, 2.45) is 17.3 Å². The topological polar surface area (TPSA) is 38.3 Å². The number of carbonyl (C=O) groups is 1. The van der Waals surface area contributed by atoms with Gasteiger partial charge >= 0.3 is 5.97 Å². The van der Waals surface area contributed by atoms with Gasteiger partial charge in [-0.1, -0.05) is 41.0 Å². The minimum absolute atomic E-state index is 0.0431. The van der Waals surface area contributed by atoms with Gasteiger partial charge in [0.15, 0.2) is 0 Å². The monoisotopic (exact) mass is 297 g/mol. The van der Waals surface area contributed by atoms with E-state index in [1.54, 1.807) is 0 Å². The third kappa shape index (κ3) is 4.70. The van der Waals surface area contributed by atoms with E-state index in [0.717, 1.165) is 32.2 Å². The van der Waals surface area contributed by atoms with Crippen LogP contribution in [0, 0.1) is 17.3 Å². The smallest absolute Gasteiger partial charge is 0.326 e. The molecule has 0 amide bonds. The third-order valence-corrected chi connectivity index (χ3v) is 5.37. The van der Waals surface area contributed by atoms with Crippen molar-refractivity contribution in [1.29, 1.82) is 0 Å². The van der Waals surface area contributed by atoms with Crippen LogP contribution in [0.5, 0.6) is 0 Å². The van der Waals surface area contributed by atoms with Gasteiger partial charge in [0, 0.05) is 0 Å². The minimum atomic E-state index is -0.444. The van der Waals surface area contributed by atoms with Crippen molar-refractivity contribution in [2.75, 3.05) is 13.2 Å². The van der Waals surface area contributed by atoms with E-state index in [2.05, 4.69) is 39.9 Å². The molecule has 1 rings (SSSR count). The zero-order valence-corrected chi connectivity index (χ0v) is 14.9.